The number of aromatic nitrogens is 1. The number of aliphatic hydroxyl groups excluding tert-OH is 1. The molecule has 1 aliphatic rings. The van der Waals surface area contributed by atoms with Crippen molar-refractivity contribution in [2.24, 2.45) is 5.92 Å². The van der Waals surface area contributed by atoms with E-state index in [1.165, 1.54) is 16.5 Å². The maximum absolute atomic E-state index is 13.1. The van der Waals surface area contributed by atoms with Crippen molar-refractivity contribution >= 4 is 16.8 Å². The Morgan fingerprint density at radius 1 is 1.05 bits per heavy atom. The molecule has 5 rings (SSSR count). The number of hydrogen-bond acceptors (Lipinski definition) is 4. The number of nitrogens with zero attached hydrogens (tertiary/aromatic N) is 1. The second kappa shape index (κ2) is 11.4. The summed E-state index contributed by atoms with van der Waals surface area (Å²) in [5.74, 6) is 5.99. The Hall–Kier alpha value is -3.89. The lowest BCUT2D eigenvalue weighted by Crippen LogP contribution is -2.47. The summed E-state index contributed by atoms with van der Waals surface area (Å²) in [4.78, 5) is 22.2. The zero-order valence-corrected chi connectivity index (χ0v) is 20.9. The van der Waals surface area contributed by atoms with E-state index in [4.69, 9.17) is 4.84 Å². The van der Waals surface area contributed by atoms with E-state index < -0.39 is 6.04 Å². The van der Waals surface area contributed by atoms with Crippen LogP contribution in [0.3, 0.4) is 0 Å². The molecule has 2 atom stereocenters. The highest BCUT2D eigenvalue weighted by Crippen LogP contribution is 2.24. The maximum atomic E-state index is 13.1. The van der Waals surface area contributed by atoms with Crippen molar-refractivity contribution in [3.05, 3.63) is 107 Å². The van der Waals surface area contributed by atoms with Gasteiger partial charge in [0, 0.05) is 40.7 Å². The third-order valence-corrected chi connectivity index (χ3v) is 6.78. The Morgan fingerprint density at radius 2 is 1.76 bits per heavy atom. The minimum absolute atomic E-state index is 0.107. The number of H-pyrrole nitrogens is 1. The fourth-order valence-electron chi connectivity index (χ4n) is 4.66. The Kier molecular flexibility index (Phi) is 7.67. The number of amides is 1. The molecule has 0 saturated carbocycles. The average Bonchev–Trinajstić information content (AvgIpc) is 3.53. The van der Waals surface area contributed by atoms with Crippen LogP contribution in [-0.2, 0) is 22.6 Å². The maximum Gasteiger partial charge on any atom is 0.240 e. The largest absolute Gasteiger partial charge is 0.396 e. The molecule has 188 valence electrons. The molecule has 0 spiro atoms. The molecule has 1 aromatic heterocycles. The topological polar surface area (TPSA) is 77.6 Å². The normalized spacial score (nSPS) is 17.5. The lowest BCUT2D eigenvalue weighted by Gasteiger charge is -2.24. The van der Waals surface area contributed by atoms with Gasteiger partial charge in [0.25, 0.3) is 0 Å². The molecular formula is C31H31N3O3. The first-order valence-electron chi connectivity index (χ1n) is 12.6. The summed E-state index contributed by atoms with van der Waals surface area (Å²) < 4.78 is 0. The van der Waals surface area contributed by atoms with Crippen LogP contribution in [0, 0.1) is 24.7 Å². The lowest BCUT2D eigenvalue weighted by molar-refractivity contribution is -0.157. The van der Waals surface area contributed by atoms with E-state index in [2.05, 4.69) is 47.3 Å². The number of carbonyl (C=O) groups is 1. The van der Waals surface area contributed by atoms with E-state index in [1.807, 2.05) is 60.8 Å². The molecule has 3 N–H and O–H groups in total. The highest BCUT2D eigenvalue weighted by Gasteiger charge is 2.40. The van der Waals surface area contributed by atoms with Crippen molar-refractivity contribution in [3.63, 3.8) is 0 Å². The second-order valence-electron chi connectivity index (χ2n) is 9.47. The number of aliphatic hydroxyl groups is 1. The van der Waals surface area contributed by atoms with Gasteiger partial charge < -0.3 is 15.4 Å². The van der Waals surface area contributed by atoms with Gasteiger partial charge in [-0.1, -0.05) is 59.9 Å². The van der Waals surface area contributed by atoms with Gasteiger partial charge in [-0.2, -0.15) is 5.06 Å². The summed E-state index contributed by atoms with van der Waals surface area (Å²) in [5, 5.41) is 15.8. The van der Waals surface area contributed by atoms with Gasteiger partial charge in [0.2, 0.25) is 5.91 Å². The fraction of sp³-hybridized carbons (Fsp3) is 0.258. The van der Waals surface area contributed by atoms with E-state index in [1.54, 1.807) is 5.06 Å². The molecule has 3 aromatic carbocycles. The number of rotatable bonds is 7. The number of fused-ring (bicyclic) bond motifs is 1. The molecule has 1 fully saturated rings. The minimum atomic E-state index is -0.547. The monoisotopic (exact) mass is 493 g/mol. The Morgan fingerprint density at radius 3 is 2.49 bits per heavy atom. The summed E-state index contributed by atoms with van der Waals surface area (Å²) in [6.45, 7) is 3.23. The number of para-hydroxylation sites is 1. The van der Waals surface area contributed by atoms with Crippen LogP contribution in [0.1, 0.15) is 27.8 Å². The van der Waals surface area contributed by atoms with Gasteiger partial charge >= 0.3 is 0 Å². The van der Waals surface area contributed by atoms with Gasteiger partial charge in [-0.25, -0.2) is 0 Å². The molecule has 6 nitrogen and oxygen atoms in total. The van der Waals surface area contributed by atoms with Crippen molar-refractivity contribution in [2.75, 3.05) is 19.8 Å². The Labute approximate surface area is 217 Å². The van der Waals surface area contributed by atoms with E-state index in [0.717, 1.165) is 28.6 Å². The first-order chi connectivity index (χ1) is 18.1. The number of hydrogen-bond donors (Lipinski definition) is 3. The minimum Gasteiger partial charge on any atom is -0.396 e. The summed E-state index contributed by atoms with van der Waals surface area (Å²) in [6.07, 6.45) is 2.71. The van der Waals surface area contributed by atoms with Crippen molar-refractivity contribution in [1.82, 2.24) is 15.4 Å². The quantitative estimate of drug-likeness (QED) is 0.341. The summed E-state index contributed by atoms with van der Waals surface area (Å²) in [7, 11) is 0. The molecule has 0 radical (unpaired) electrons. The number of aromatic amines is 1. The Balaban J connectivity index is 1.19. The SMILES string of the molecule is Cc1ccc(C#Cc2ccc(CN3OCC(CO)C3C(=O)NCCc3c[nH]c4ccccc34)cc2)cc1. The molecule has 1 amide bonds. The van der Waals surface area contributed by atoms with Crippen LogP contribution in [0.5, 0.6) is 0 Å². The van der Waals surface area contributed by atoms with Gasteiger partial charge in [-0.3, -0.25) is 9.63 Å². The molecule has 1 saturated heterocycles. The van der Waals surface area contributed by atoms with Gasteiger partial charge in [0.15, 0.2) is 0 Å². The van der Waals surface area contributed by atoms with Crippen LogP contribution < -0.4 is 5.32 Å². The van der Waals surface area contributed by atoms with Crippen molar-refractivity contribution < 1.29 is 14.7 Å². The third-order valence-electron chi connectivity index (χ3n) is 6.78. The molecule has 1 aliphatic heterocycles. The van der Waals surface area contributed by atoms with Gasteiger partial charge in [0.1, 0.15) is 6.04 Å². The molecule has 0 bridgehead atoms. The van der Waals surface area contributed by atoms with Crippen LogP contribution in [0.2, 0.25) is 0 Å². The highest BCUT2D eigenvalue weighted by molar-refractivity contribution is 5.84. The number of hydroxylamine groups is 2. The fourth-order valence-corrected chi connectivity index (χ4v) is 4.66. The third kappa shape index (κ3) is 5.92. The van der Waals surface area contributed by atoms with Gasteiger partial charge in [-0.05, 0) is 54.8 Å². The van der Waals surface area contributed by atoms with E-state index >= 15 is 0 Å². The second-order valence-corrected chi connectivity index (χ2v) is 9.47. The number of aryl methyl sites for hydroxylation is 1. The Bertz CT molecular complexity index is 1410. The summed E-state index contributed by atoms with van der Waals surface area (Å²) in [5.41, 5.74) is 6.38. The number of benzene rings is 3. The molecule has 2 unspecified atom stereocenters. The standard InChI is InChI=1S/C31H31N3O3/c1-22-6-8-23(9-7-22)10-11-24-12-14-25(15-13-24)19-34-30(27(20-35)21-37-34)31(36)32-17-16-26-18-33-29-5-3-2-4-28(26)29/h2-9,12-15,18,27,30,33,35H,16-17,19-21H2,1H3,(H,32,36). The summed E-state index contributed by atoms with van der Waals surface area (Å²) in [6, 6.07) is 23.7. The predicted molar refractivity (Wildman–Crippen MR) is 144 cm³/mol. The lowest BCUT2D eigenvalue weighted by atomic mass is 10.0. The van der Waals surface area contributed by atoms with E-state index in [0.29, 0.717) is 19.7 Å². The molecular weight excluding hydrogens is 462 g/mol. The number of nitrogens with one attached hydrogen (secondary N) is 2. The van der Waals surface area contributed by atoms with Crippen LogP contribution >= 0.6 is 0 Å². The first kappa shape index (κ1) is 24.8. The van der Waals surface area contributed by atoms with E-state index in [9.17, 15) is 9.90 Å². The number of carbonyl (C=O) groups excluding carboxylic acids is 1. The molecule has 6 heteroatoms. The zero-order valence-electron chi connectivity index (χ0n) is 20.9. The van der Waals surface area contributed by atoms with Crippen molar-refractivity contribution in [1.29, 1.82) is 0 Å². The predicted octanol–water partition coefficient (Wildman–Crippen LogP) is 3.96. The first-order valence-corrected chi connectivity index (χ1v) is 12.6. The molecule has 2 heterocycles. The van der Waals surface area contributed by atoms with Crippen LogP contribution in [0.15, 0.2) is 79.0 Å². The zero-order chi connectivity index (χ0) is 25.6. The van der Waals surface area contributed by atoms with Crippen LogP contribution in [0.4, 0.5) is 0 Å². The smallest absolute Gasteiger partial charge is 0.240 e. The highest BCUT2D eigenvalue weighted by atomic mass is 16.7. The summed E-state index contributed by atoms with van der Waals surface area (Å²) >= 11 is 0. The van der Waals surface area contributed by atoms with Crippen molar-refractivity contribution in [2.45, 2.75) is 25.9 Å². The van der Waals surface area contributed by atoms with Crippen molar-refractivity contribution in [3.8, 4) is 11.8 Å². The van der Waals surface area contributed by atoms with Gasteiger partial charge in [-0.15, -0.1) is 0 Å². The van der Waals surface area contributed by atoms with E-state index in [-0.39, 0.29) is 18.4 Å². The van der Waals surface area contributed by atoms with Crippen LogP contribution in [0.25, 0.3) is 10.9 Å². The molecule has 4 aromatic rings. The average molecular weight is 494 g/mol. The molecule has 0 aliphatic carbocycles. The molecule has 37 heavy (non-hydrogen) atoms. The van der Waals surface area contributed by atoms with Gasteiger partial charge in [0.05, 0.1) is 19.8 Å². The van der Waals surface area contributed by atoms with Crippen LogP contribution in [-0.4, -0.2) is 46.9 Å².